The van der Waals surface area contributed by atoms with Gasteiger partial charge in [-0.15, -0.1) is 11.3 Å². The van der Waals surface area contributed by atoms with Crippen LogP contribution in [0.5, 0.6) is 5.75 Å². The molecule has 0 saturated heterocycles. The molecule has 1 N–H and O–H groups in total. The summed E-state index contributed by atoms with van der Waals surface area (Å²) in [4.78, 5) is 29.1. The van der Waals surface area contributed by atoms with Crippen LogP contribution in [-0.4, -0.2) is 24.0 Å². The second-order valence-electron chi connectivity index (χ2n) is 6.80. The van der Waals surface area contributed by atoms with Crippen molar-refractivity contribution in [3.63, 3.8) is 0 Å². The molecule has 1 amide bonds. The molecule has 1 aromatic heterocycles. The lowest BCUT2D eigenvalue weighted by Crippen LogP contribution is -2.15. The molecule has 156 valence electrons. The van der Waals surface area contributed by atoms with Crippen molar-refractivity contribution in [3.8, 4) is 5.75 Å². The maximum Gasteiger partial charge on any atom is 0.338 e. The zero-order chi connectivity index (χ0) is 21.6. The Morgan fingerprint density at radius 2 is 1.77 bits per heavy atom. The lowest BCUT2D eigenvalue weighted by atomic mass is 10.1. The van der Waals surface area contributed by atoms with Crippen LogP contribution in [-0.2, 0) is 22.6 Å². The molecule has 0 atom stereocenters. The number of hydrogen-bond acceptors (Lipinski definition) is 6. The molecule has 6 nitrogen and oxygen atoms in total. The Labute approximate surface area is 183 Å². The number of aromatic nitrogens is 1. The minimum absolute atomic E-state index is 0.0519. The second-order valence-corrected chi connectivity index (χ2v) is 7.74. The number of benzene rings is 3. The second kappa shape index (κ2) is 9.40. The molecule has 31 heavy (non-hydrogen) atoms. The first kappa shape index (κ1) is 20.6. The largest absolute Gasteiger partial charge is 0.495 e. The van der Waals surface area contributed by atoms with Gasteiger partial charge >= 0.3 is 5.97 Å². The number of thiazole rings is 1. The highest BCUT2D eigenvalue weighted by Crippen LogP contribution is 2.23. The normalized spacial score (nSPS) is 10.6. The lowest BCUT2D eigenvalue weighted by molar-refractivity contribution is -0.115. The van der Waals surface area contributed by atoms with Crippen LogP contribution >= 0.6 is 11.3 Å². The van der Waals surface area contributed by atoms with Crippen LogP contribution in [0.2, 0.25) is 0 Å². The third kappa shape index (κ3) is 5.07. The monoisotopic (exact) mass is 432 g/mol. The van der Waals surface area contributed by atoms with Gasteiger partial charge in [-0.05, 0) is 35.0 Å². The van der Waals surface area contributed by atoms with E-state index >= 15 is 0 Å². The molecule has 4 aromatic rings. The van der Waals surface area contributed by atoms with Crippen molar-refractivity contribution < 1.29 is 19.1 Å². The Morgan fingerprint density at radius 3 is 2.61 bits per heavy atom. The molecule has 0 spiro atoms. The number of nitrogens with zero attached hydrogens (tertiary/aromatic N) is 1. The number of anilines is 1. The number of fused-ring (bicyclic) bond motifs is 1. The molecule has 0 radical (unpaired) electrons. The number of methoxy groups -OCH3 is 1. The molecule has 0 unspecified atom stereocenters. The summed E-state index contributed by atoms with van der Waals surface area (Å²) >= 11 is 1.35. The van der Waals surface area contributed by atoms with Crippen LogP contribution in [0.4, 0.5) is 5.69 Å². The molecule has 0 aliphatic carbocycles. The zero-order valence-electron chi connectivity index (χ0n) is 16.8. The van der Waals surface area contributed by atoms with E-state index in [1.165, 1.54) is 11.3 Å². The van der Waals surface area contributed by atoms with E-state index in [0.29, 0.717) is 27.7 Å². The first-order valence-electron chi connectivity index (χ1n) is 9.64. The van der Waals surface area contributed by atoms with Crippen LogP contribution in [0.25, 0.3) is 10.8 Å². The Hall–Kier alpha value is -3.71. The van der Waals surface area contributed by atoms with Gasteiger partial charge in [0.05, 0.1) is 30.5 Å². The fourth-order valence-corrected chi connectivity index (χ4v) is 3.89. The molecule has 0 aliphatic heterocycles. The highest BCUT2D eigenvalue weighted by Gasteiger charge is 2.13. The fourth-order valence-electron chi connectivity index (χ4n) is 3.12. The molecular weight excluding hydrogens is 412 g/mol. The summed E-state index contributed by atoms with van der Waals surface area (Å²) in [5, 5.41) is 7.30. The SMILES string of the molecule is COc1ccccc1NC(=O)Cc1nc(COC(=O)c2ccc3ccccc3c2)cs1. The van der Waals surface area contributed by atoms with Gasteiger partial charge in [-0.1, -0.05) is 42.5 Å². The van der Waals surface area contributed by atoms with Crippen molar-refractivity contribution in [1.29, 1.82) is 0 Å². The van der Waals surface area contributed by atoms with Gasteiger partial charge in [0.1, 0.15) is 17.4 Å². The number of carbonyl (C=O) groups is 2. The van der Waals surface area contributed by atoms with E-state index in [9.17, 15) is 9.59 Å². The number of para-hydroxylation sites is 2. The van der Waals surface area contributed by atoms with Crippen LogP contribution in [0, 0.1) is 0 Å². The summed E-state index contributed by atoms with van der Waals surface area (Å²) in [6.07, 6.45) is 0.126. The van der Waals surface area contributed by atoms with Crippen molar-refractivity contribution in [2.45, 2.75) is 13.0 Å². The number of amides is 1. The van der Waals surface area contributed by atoms with Crippen LogP contribution < -0.4 is 10.1 Å². The maximum atomic E-state index is 12.4. The van der Waals surface area contributed by atoms with Gasteiger partial charge in [0, 0.05) is 5.38 Å². The minimum Gasteiger partial charge on any atom is -0.495 e. The van der Waals surface area contributed by atoms with Crippen LogP contribution in [0.3, 0.4) is 0 Å². The van der Waals surface area contributed by atoms with Crippen molar-refractivity contribution >= 4 is 39.7 Å². The molecule has 1 heterocycles. The minimum atomic E-state index is -0.408. The van der Waals surface area contributed by atoms with Gasteiger partial charge < -0.3 is 14.8 Å². The molecule has 0 aliphatic rings. The molecular formula is C24H20N2O4S. The van der Waals surface area contributed by atoms with E-state index in [4.69, 9.17) is 9.47 Å². The summed E-state index contributed by atoms with van der Waals surface area (Å²) < 4.78 is 10.6. The average Bonchev–Trinajstić information content (AvgIpc) is 3.24. The third-order valence-electron chi connectivity index (χ3n) is 4.63. The standard InChI is InChI=1S/C24H20N2O4S/c1-29-21-9-5-4-8-20(21)26-22(27)13-23-25-19(15-31-23)14-30-24(28)18-11-10-16-6-2-3-7-17(16)12-18/h2-12,15H,13-14H2,1H3,(H,26,27). The lowest BCUT2D eigenvalue weighted by Gasteiger charge is -2.08. The first-order chi connectivity index (χ1) is 15.1. The van der Waals surface area contributed by atoms with E-state index in [1.807, 2.05) is 48.5 Å². The molecule has 4 rings (SSSR count). The summed E-state index contributed by atoms with van der Waals surface area (Å²) in [7, 11) is 1.55. The number of esters is 1. The zero-order valence-corrected chi connectivity index (χ0v) is 17.6. The number of hydrogen-bond donors (Lipinski definition) is 1. The predicted molar refractivity (Wildman–Crippen MR) is 121 cm³/mol. The maximum absolute atomic E-state index is 12.4. The van der Waals surface area contributed by atoms with Gasteiger partial charge in [0.15, 0.2) is 0 Å². The Kier molecular flexibility index (Phi) is 6.24. The highest BCUT2D eigenvalue weighted by atomic mass is 32.1. The van der Waals surface area contributed by atoms with Gasteiger partial charge in [-0.25, -0.2) is 9.78 Å². The summed E-state index contributed by atoms with van der Waals surface area (Å²) in [6.45, 7) is 0.0519. The number of carbonyl (C=O) groups excluding carboxylic acids is 2. The summed E-state index contributed by atoms with van der Waals surface area (Å²) in [5.41, 5.74) is 1.71. The van der Waals surface area contributed by atoms with Crippen molar-refractivity contribution in [2.75, 3.05) is 12.4 Å². The van der Waals surface area contributed by atoms with E-state index in [-0.39, 0.29) is 18.9 Å². The van der Waals surface area contributed by atoms with E-state index < -0.39 is 5.97 Å². The van der Waals surface area contributed by atoms with Crippen molar-refractivity contribution in [1.82, 2.24) is 4.98 Å². The summed E-state index contributed by atoms with van der Waals surface area (Å²) in [6, 6.07) is 20.5. The summed E-state index contributed by atoms with van der Waals surface area (Å²) in [5.74, 6) is -0.0101. The first-order valence-corrected chi connectivity index (χ1v) is 10.5. The van der Waals surface area contributed by atoms with E-state index in [1.54, 1.807) is 30.7 Å². The van der Waals surface area contributed by atoms with Gasteiger partial charge in [0.25, 0.3) is 0 Å². The Bertz CT molecular complexity index is 1230. The van der Waals surface area contributed by atoms with Crippen LogP contribution in [0.15, 0.2) is 72.1 Å². The third-order valence-corrected chi connectivity index (χ3v) is 5.53. The molecule has 0 saturated carbocycles. The molecule has 7 heteroatoms. The van der Waals surface area contributed by atoms with Gasteiger partial charge in [0.2, 0.25) is 5.91 Å². The topological polar surface area (TPSA) is 77.5 Å². The number of nitrogens with one attached hydrogen (secondary N) is 1. The Balaban J connectivity index is 1.33. The average molecular weight is 433 g/mol. The Morgan fingerprint density at radius 1 is 1.00 bits per heavy atom. The highest BCUT2D eigenvalue weighted by molar-refractivity contribution is 7.09. The number of ether oxygens (including phenoxy) is 2. The number of rotatable bonds is 7. The van der Waals surface area contributed by atoms with Crippen molar-refractivity contribution in [2.24, 2.45) is 0 Å². The van der Waals surface area contributed by atoms with Gasteiger partial charge in [-0.3, -0.25) is 4.79 Å². The molecule has 3 aromatic carbocycles. The fraction of sp³-hybridized carbons (Fsp3) is 0.125. The van der Waals surface area contributed by atoms with E-state index in [2.05, 4.69) is 10.3 Å². The molecule has 0 bridgehead atoms. The molecule has 0 fully saturated rings. The van der Waals surface area contributed by atoms with Gasteiger partial charge in [-0.2, -0.15) is 0 Å². The predicted octanol–water partition coefficient (Wildman–Crippen LogP) is 4.84. The smallest absolute Gasteiger partial charge is 0.338 e. The van der Waals surface area contributed by atoms with Crippen molar-refractivity contribution in [3.05, 3.63) is 88.4 Å². The van der Waals surface area contributed by atoms with E-state index in [0.717, 1.165) is 10.8 Å². The quantitative estimate of drug-likeness (QED) is 0.423. The van der Waals surface area contributed by atoms with Crippen LogP contribution in [0.1, 0.15) is 21.1 Å².